The van der Waals surface area contributed by atoms with E-state index >= 15 is 0 Å². The molecule has 0 unspecified atom stereocenters. The van der Waals surface area contributed by atoms with Gasteiger partial charge in [-0.1, -0.05) is 47.3 Å². The second-order valence-electron chi connectivity index (χ2n) is 5.47. The minimum absolute atomic E-state index is 0.150. The minimum Gasteiger partial charge on any atom is -0.339 e. The first kappa shape index (κ1) is 15.1. The van der Waals surface area contributed by atoms with E-state index in [1.807, 2.05) is 35.2 Å². The summed E-state index contributed by atoms with van der Waals surface area (Å²) in [5.74, 6) is 1.05. The first-order valence-corrected chi connectivity index (χ1v) is 8.54. The molecule has 22 heavy (non-hydrogen) atoms. The second-order valence-corrected chi connectivity index (χ2v) is 6.40. The molecule has 0 spiro atoms. The summed E-state index contributed by atoms with van der Waals surface area (Å²) in [7, 11) is 0. The number of likely N-dealkylation sites (tertiary alicyclic amines) is 1. The summed E-state index contributed by atoms with van der Waals surface area (Å²) in [4.78, 5) is 18.6. The third kappa shape index (κ3) is 3.50. The van der Waals surface area contributed by atoms with E-state index < -0.39 is 0 Å². The Hall–Kier alpha value is -1.82. The number of benzene rings is 1. The summed E-state index contributed by atoms with van der Waals surface area (Å²) in [6.45, 7) is 2.97. The SMILES string of the molecule is C[C@H]1CCCCN1C(=O)CSc1nc(-c2ccccc2)no1. The number of piperidine rings is 1. The standard InChI is InChI=1S/C16H19N3O2S/c1-12-7-5-6-10-19(12)14(20)11-22-16-17-15(18-21-16)13-8-3-2-4-9-13/h2-4,8-9,12H,5-7,10-11H2,1H3/t12-/m0/s1. The predicted octanol–water partition coefficient (Wildman–Crippen LogP) is 3.23. The Morgan fingerprint density at radius 3 is 2.95 bits per heavy atom. The maximum atomic E-state index is 12.3. The first-order valence-electron chi connectivity index (χ1n) is 7.55. The molecule has 116 valence electrons. The highest BCUT2D eigenvalue weighted by molar-refractivity contribution is 7.99. The molecule has 1 aromatic heterocycles. The fourth-order valence-corrected chi connectivity index (χ4v) is 3.30. The first-order chi connectivity index (χ1) is 10.7. The number of carbonyl (C=O) groups is 1. The Morgan fingerprint density at radius 1 is 1.36 bits per heavy atom. The predicted molar refractivity (Wildman–Crippen MR) is 85.5 cm³/mol. The summed E-state index contributed by atoms with van der Waals surface area (Å²) >= 11 is 1.31. The number of rotatable bonds is 4. The normalized spacial score (nSPS) is 18.4. The van der Waals surface area contributed by atoms with Crippen molar-refractivity contribution in [1.29, 1.82) is 0 Å². The molecular formula is C16H19N3O2S. The van der Waals surface area contributed by atoms with Gasteiger partial charge in [0.1, 0.15) is 0 Å². The van der Waals surface area contributed by atoms with Gasteiger partial charge in [0.15, 0.2) is 0 Å². The van der Waals surface area contributed by atoms with E-state index in [4.69, 9.17) is 4.52 Å². The van der Waals surface area contributed by atoms with Crippen LogP contribution in [0.4, 0.5) is 0 Å². The molecule has 1 atom stereocenters. The number of amides is 1. The van der Waals surface area contributed by atoms with E-state index in [0.29, 0.717) is 22.8 Å². The van der Waals surface area contributed by atoms with Gasteiger partial charge in [-0.3, -0.25) is 4.79 Å². The van der Waals surface area contributed by atoms with Crippen LogP contribution in [0.1, 0.15) is 26.2 Å². The summed E-state index contributed by atoms with van der Waals surface area (Å²) in [5, 5.41) is 4.40. The monoisotopic (exact) mass is 317 g/mol. The van der Waals surface area contributed by atoms with Crippen molar-refractivity contribution >= 4 is 17.7 Å². The molecule has 5 nitrogen and oxygen atoms in total. The van der Waals surface area contributed by atoms with Gasteiger partial charge in [-0.05, 0) is 26.2 Å². The van der Waals surface area contributed by atoms with Crippen LogP contribution in [0.3, 0.4) is 0 Å². The Balaban J connectivity index is 1.58. The van der Waals surface area contributed by atoms with Crippen LogP contribution in [0, 0.1) is 0 Å². The number of hydrogen-bond donors (Lipinski definition) is 0. The van der Waals surface area contributed by atoms with Crippen molar-refractivity contribution in [3.05, 3.63) is 30.3 Å². The third-order valence-corrected chi connectivity index (χ3v) is 4.69. The molecule has 0 aliphatic carbocycles. The average Bonchev–Trinajstić information content (AvgIpc) is 3.03. The van der Waals surface area contributed by atoms with E-state index in [0.717, 1.165) is 24.9 Å². The van der Waals surface area contributed by atoms with Crippen LogP contribution in [0.2, 0.25) is 0 Å². The van der Waals surface area contributed by atoms with E-state index in [-0.39, 0.29) is 5.91 Å². The van der Waals surface area contributed by atoms with Gasteiger partial charge >= 0.3 is 0 Å². The maximum Gasteiger partial charge on any atom is 0.286 e. The van der Waals surface area contributed by atoms with Crippen molar-refractivity contribution in [3.8, 4) is 11.4 Å². The fraction of sp³-hybridized carbons (Fsp3) is 0.438. The Kier molecular flexibility index (Phi) is 4.77. The average molecular weight is 317 g/mol. The molecule has 6 heteroatoms. The molecule has 1 fully saturated rings. The van der Waals surface area contributed by atoms with Crippen molar-refractivity contribution in [3.63, 3.8) is 0 Å². The molecule has 0 bridgehead atoms. The third-order valence-electron chi connectivity index (χ3n) is 3.88. The summed E-state index contributed by atoms with van der Waals surface area (Å²) in [6.07, 6.45) is 3.40. The van der Waals surface area contributed by atoms with Gasteiger partial charge in [0, 0.05) is 18.2 Å². The number of nitrogens with zero attached hydrogens (tertiary/aromatic N) is 3. The van der Waals surface area contributed by atoms with Gasteiger partial charge in [-0.2, -0.15) is 4.98 Å². The molecule has 1 saturated heterocycles. The van der Waals surface area contributed by atoms with E-state index in [9.17, 15) is 4.79 Å². The summed E-state index contributed by atoms with van der Waals surface area (Å²) < 4.78 is 5.21. The molecule has 2 aromatic rings. The lowest BCUT2D eigenvalue weighted by Gasteiger charge is -2.33. The van der Waals surface area contributed by atoms with Crippen LogP contribution in [0.5, 0.6) is 0 Å². The highest BCUT2D eigenvalue weighted by Crippen LogP contribution is 2.23. The highest BCUT2D eigenvalue weighted by Gasteiger charge is 2.23. The van der Waals surface area contributed by atoms with Crippen molar-refractivity contribution in [2.45, 2.75) is 37.5 Å². The molecule has 1 aromatic carbocycles. The number of hydrogen-bond acceptors (Lipinski definition) is 5. The van der Waals surface area contributed by atoms with Crippen LogP contribution < -0.4 is 0 Å². The number of thioether (sulfide) groups is 1. The Bertz CT molecular complexity index is 629. The van der Waals surface area contributed by atoms with Crippen LogP contribution >= 0.6 is 11.8 Å². The van der Waals surface area contributed by atoms with Gasteiger partial charge in [0.25, 0.3) is 5.22 Å². The lowest BCUT2D eigenvalue weighted by atomic mass is 10.0. The molecule has 1 aliphatic rings. The molecule has 1 amide bonds. The van der Waals surface area contributed by atoms with Gasteiger partial charge in [0.2, 0.25) is 11.7 Å². The second kappa shape index (κ2) is 6.96. The number of carbonyl (C=O) groups excluding carboxylic acids is 1. The van der Waals surface area contributed by atoms with Gasteiger partial charge in [-0.15, -0.1) is 0 Å². The van der Waals surface area contributed by atoms with Crippen molar-refractivity contribution in [1.82, 2.24) is 15.0 Å². The van der Waals surface area contributed by atoms with Gasteiger partial charge < -0.3 is 9.42 Å². The molecule has 2 heterocycles. The largest absolute Gasteiger partial charge is 0.339 e. The van der Waals surface area contributed by atoms with Gasteiger partial charge in [0.05, 0.1) is 5.75 Å². The summed E-state index contributed by atoms with van der Waals surface area (Å²) in [6, 6.07) is 10.0. The maximum absolute atomic E-state index is 12.3. The van der Waals surface area contributed by atoms with Crippen molar-refractivity contribution in [2.24, 2.45) is 0 Å². The topological polar surface area (TPSA) is 59.2 Å². The van der Waals surface area contributed by atoms with Crippen LogP contribution in [-0.2, 0) is 4.79 Å². The quantitative estimate of drug-likeness (QED) is 0.810. The Morgan fingerprint density at radius 2 is 2.18 bits per heavy atom. The lowest BCUT2D eigenvalue weighted by molar-refractivity contribution is -0.131. The molecule has 1 aliphatic heterocycles. The zero-order valence-corrected chi connectivity index (χ0v) is 13.4. The fourth-order valence-electron chi connectivity index (χ4n) is 2.65. The zero-order chi connectivity index (χ0) is 15.4. The van der Waals surface area contributed by atoms with Crippen LogP contribution in [-0.4, -0.2) is 39.3 Å². The van der Waals surface area contributed by atoms with Crippen molar-refractivity contribution < 1.29 is 9.32 Å². The van der Waals surface area contributed by atoms with Gasteiger partial charge in [-0.25, -0.2) is 0 Å². The number of aromatic nitrogens is 2. The minimum atomic E-state index is 0.150. The molecular weight excluding hydrogens is 298 g/mol. The molecule has 0 saturated carbocycles. The van der Waals surface area contributed by atoms with E-state index in [2.05, 4.69) is 17.1 Å². The smallest absolute Gasteiger partial charge is 0.286 e. The van der Waals surface area contributed by atoms with Crippen LogP contribution in [0.25, 0.3) is 11.4 Å². The van der Waals surface area contributed by atoms with E-state index in [1.165, 1.54) is 18.2 Å². The molecule has 3 rings (SSSR count). The van der Waals surface area contributed by atoms with Crippen molar-refractivity contribution in [2.75, 3.05) is 12.3 Å². The Labute approximate surface area is 134 Å². The zero-order valence-electron chi connectivity index (χ0n) is 12.6. The molecule has 0 N–H and O–H groups in total. The lowest BCUT2D eigenvalue weighted by Crippen LogP contribution is -2.42. The summed E-state index contributed by atoms with van der Waals surface area (Å²) in [5.41, 5.74) is 0.911. The van der Waals surface area contributed by atoms with Crippen LogP contribution in [0.15, 0.2) is 40.1 Å². The van der Waals surface area contributed by atoms with E-state index in [1.54, 1.807) is 0 Å². The highest BCUT2D eigenvalue weighted by atomic mass is 32.2. The molecule has 0 radical (unpaired) electrons.